The Bertz CT molecular complexity index is 1230. The van der Waals surface area contributed by atoms with Crippen molar-refractivity contribution >= 4 is 17.9 Å². The molecule has 3 fully saturated rings. The van der Waals surface area contributed by atoms with Gasteiger partial charge in [0.2, 0.25) is 0 Å². The predicted octanol–water partition coefficient (Wildman–Crippen LogP) is 8.88. The number of hydrogen-bond acceptors (Lipinski definition) is 12. The maximum atomic E-state index is 14.3. The highest BCUT2D eigenvalue weighted by Crippen LogP contribution is 2.41. The van der Waals surface area contributed by atoms with Gasteiger partial charge in [-0.25, -0.2) is 0 Å². The third kappa shape index (κ3) is 12.8. The Balaban J connectivity index is 1.87. The summed E-state index contributed by atoms with van der Waals surface area (Å²) in [6.07, 6.45) is 6.29. The Kier molecular flexibility index (Phi) is 16.9. The molecule has 3 aliphatic heterocycles. The van der Waals surface area contributed by atoms with E-state index in [0.717, 1.165) is 25.7 Å². The highest BCUT2D eigenvalue weighted by Gasteiger charge is 2.49. The Labute approximate surface area is 340 Å². The zero-order chi connectivity index (χ0) is 42.3. The van der Waals surface area contributed by atoms with Crippen molar-refractivity contribution in [1.82, 2.24) is 15.2 Å². The first-order valence-corrected chi connectivity index (χ1v) is 21.7. The van der Waals surface area contributed by atoms with Crippen LogP contribution in [0.4, 0.5) is 0 Å². The first-order valence-electron chi connectivity index (χ1n) is 21.7. The summed E-state index contributed by atoms with van der Waals surface area (Å²) >= 11 is 0. The van der Waals surface area contributed by atoms with Gasteiger partial charge < -0.3 is 14.2 Å². The molecule has 3 aliphatic rings. The van der Waals surface area contributed by atoms with Gasteiger partial charge in [-0.2, -0.15) is 15.2 Å². The fourth-order valence-corrected chi connectivity index (χ4v) is 9.59. The Hall–Kier alpha value is -1.83. The molecule has 0 aromatic rings. The molecule has 56 heavy (non-hydrogen) atoms. The lowest BCUT2D eigenvalue weighted by Crippen LogP contribution is -2.54. The predicted molar refractivity (Wildman–Crippen MR) is 218 cm³/mol. The van der Waals surface area contributed by atoms with Crippen LogP contribution in [0.3, 0.4) is 0 Å². The Morgan fingerprint density at radius 1 is 0.482 bits per heavy atom. The molecule has 0 N–H and O–H groups in total. The minimum atomic E-state index is -1.47. The van der Waals surface area contributed by atoms with Crippen molar-refractivity contribution in [1.29, 1.82) is 0 Å². The number of ether oxygens (including phenoxy) is 3. The molecule has 0 amide bonds. The van der Waals surface area contributed by atoms with E-state index in [-0.39, 0.29) is 16.6 Å². The third-order valence-electron chi connectivity index (χ3n) is 11.8. The molecule has 0 bridgehead atoms. The van der Waals surface area contributed by atoms with Gasteiger partial charge in [-0.3, -0.25) is 28.9 Å². The van der Waals surface area contributed by atoms with Gasteiger partial charge in [0.05, 0.1) is 26.2 Å². The maximum Gasteiger partial charge on any atom is 0.321 e. The molecule has 12 heteroatoms. The lowest BCUT2D eigenvalue weighted by Gasteiger charge is -2.45. The van der Waals surface area contributed by atoms with Crippen LogP contribution in [-0.4, -0.2) is 104 Å². The summed E-state index contributed by atoms with van der Waals surface area (Å²) in [4.78, 5) is 61.2. The number of esters is 3. The quantitative estimate of drug-likeness (QED) is 0.0844. The van der Waals surface area contributed by atoms with E-state index in [0.29, 0.717) is 71.2 Å². The summed E-state index contributed by atoms with van der Waals surface area (Å²) in [6, 6.07) is 0. The topological polar surface area (TPSA) is 116 Å². The zero-order valence-electron chi connectivity index (χ0n) is 38.1. The number of hydroxylamine groups is 6. The van der Waals surface area contributed by atoms with Gasteiger partial charge in [-0.05, 0) is 141 Å². The van der Waals surface area contributed by atoms with Crippen LogP contribution in [0, 0.1) is 5.92 Å². The fourth-order valence-electron chi connectivity index (χ4n) is 9.59. The van der Waals surface area contributed by atoms with Crippen molar-refractivity contribution in [3.63, 3.8) is 0 Å². The van der Waals surface area contributed by atoms with Gasteiger partial charge >= 0.3 is 17.9 Å². The lowest BCUT2D eigenvalue weighted by atomic mass is 9.94. The molecule has 3 unspecified atom stereocenters. The zero-order valence-corrected chi connectivity index (χ0v) is 38.1. The van der Waals surface area contributed by atoms with Crippen molar-refractivity contribution in [2.45, 2.75) is 239 Å². The van der Waals surface area contributed by atoms with Crippen molar-refractivity contribution in [3.05, 3.63) is 0 Å². The van der Waals surface area contributed by atoms with E-state index in [1.807, 2.05) is 10.1 Å². The van der Waals surface area contributed by atoms with Crippen molar-refractivity contribution < 1.29 is 43.1 Å². The summed E-state index contributed by atoms with van der Waals surface area (Å²) in [5, 5.41) is 6.16. The average molecular weight is 796 g/mol. The monoisotopic (exact) mass is 796 g/mol. The number of carbonyl (C=O) groups is 3. The Morgan fingerprint density at radius 2 is 0.768 bits per heavy atom. The second-order valence-corrected chi connectivity index (χ2v) is 20.5. The normalized spacial score (nSPS) is 28.2. The Morgan fingerprint density at radius 3 is 1.05 bits per heavy atom. The van der Waals surface area contributed by atoms with Crippen LogP contribution in [0.1, 0.15) is 187 Å². The molecule has 326 valence electrons. The second kappa shape index (κ2) is 19.5. The minimum absolute atomic E-state index is 0.285. The van der Waals surface area contributed by atoms with Crippen molar-refractivity contribution in [2.75, 3.05) is 19.8 Å². The average Bonchev–Trinajstić information content (AvgIpc) is 3.25. The first kappa shape index (κ1) is 48.5. The maximum absolute atomic E-state index is 14.3. The molecule has 3 saturated heterocycles. The van der Waals surface area contributed by atoms with Crippen LogP contribution in [0.15, 0.2) is 0 Å². The number of carbonyl (C=O) groups excluding carboxylic acids is 3. The summed E-state index contributed by atoms with van der Waals surface area (Å²) in [5.74, 6) is -3.60. The van der Waals surface area contributed by atoms with Crippen LogP contribution < -0.4 is 0 Å². The molecular formula is C44H81N3O9. The standard InChI is InChI=1S/C44H81N3O9/c1-16-25-51-45-39(4,5)22-19-32(29-42(45,10)11)54-36(48)28-35(37(49)55-33-20-23-40(6,7)46(52-26-17-2)43(12,13)30-33)38(50)56-34-21-24-41(8,9)47(53-27-18-3)44(14,15)31-34/h32-35H,16-31H2,1-15H3. The SMILES string of the molecule is CCCON1C(C)(C)CCC(OC(=O)CC(C(=O)OC2CCC(C)(C)N(OCCC)C(C)(C)C2)C(=O)OC2CCC(C)(C)N(OCCC)C(C)(C)C2)CC1(C)C. The summed E-state index contributed by atoms with van der Waals surface area (Å²) < 4.78 is 18.6. The lowest BCUT2D eigenvalue weighted by molar-refractivity contribution is -0.265. The van der Waals surface area contributed by atoms with E-state index >= 15 is 0 Å². The van der Waals surface area contributed by atoms with E-state index in [1.165, 1.54) is 0 Å². The van der Waals surface area contributed by atoms with Gasteiger partial charge in [0.25, 0.3) is 0 Å². The molecule has 0 radical (unpaired) electrons. The third-order valence-corrected chi connectivity index (χ3v) is 11.8. The molecule has 12 nitrogen and oxygen atoms in total. The van der Waals surface area contributed by atoms with Crippen LogP contribution in [0.5, 0.6) is 0 Å². The minimum Gasteiger partial charge on any atom is -0.462 e. The van der Waals surface area contributed by atoms with Gasteiger partial charge in [-0.15, -0.1) is 0 Å². The van der Waals surface area contributed by atoms with Crippen LogP contribution in [-0.2, 0) is 43.1 Å². The van der Waals surface area contributed by atoms with Crippen molar-refractivity contribution in [2.24, 2.45) is 5.92 Å². The van der Waals surface area contributed by atoms with Gasteiger partial charge in [0.15, 0.2) is 5.92 Å². The van der Waals surface area contributed by atoms with E-state index in [4.69, 9.17) is 28.7 Å². The summed E-state index contributed by atoms with van der Waals surface area (Å²) in [5.41, 5.74) is -2.26. The molecule has 0 saturated carbocycles. The molecule has 3 rings (SSSR count). The van der Waals surface area contributed by atoms with Crippen LogP contribution >= 0.6 is 0 Å². The molecule has 0 aromatic carbocycles. The van der Waals surface area contributed by atoms with Gasteiger partial charge in [0, 0.05) is 52.5 Å². The molecule has 3 atom stereocenters. The van der Waals surface area contributed by atoms with Crippen molar-refractivity contribution in [3.8, 4) is 0 Å². The first-order chi connectivity index (χ1) is 25.8. The van der Waals surface area contributed by atoms with Gasteiger partial charge in [0.1, 0.15) is 18.3 Å². The molecule has 0 aromatic heterocycles. The smallest absolute Gasteiger partial charge is 0.321 e. The van der Waals surface area contributed by atoms with Crippen LogP contribution in [0.2, 0.25) is 0 Å². The number of hydrogen-bond donors (Lipinski definition) is 0. The van der Waals surface area contributed by atoms with Crippen LogP contribution in [0.25, 0.3) is 0 Å². The number of nitrogens with zero attached hydrogens (tertiary/aromatic N) is 3. The highest BCUT2D eigenvalue weighted by molar-refractivity contribution is 5.98. The summed E-state index contributed by atoms with van der Waals surface area (Å²) in [6.45, 7) is 33.4. The fraction of sp³-hybridized carbons (Fsp3) is 0.932. The molecule has 3 heterocycles. The van der Waals surface area contributed by atoms with E-state index in [2.05, 4.69) is 109 Å². The van der Waals surface area contributed by atoms with Gasteiger partial charge in [-0.1, -0.05) is 20.8 Å². The largest absolute Gasteiger partial charge is 0.462 e. The summed E-state index contributed by atoms with van der Waals surface area (Å²) in [7, 11) is 0. The van der Waals surface area contributed by atoms with E-state index in [1.54, 1.807) is 0 Å². The van der Waals surface area contributed by atoms with E-state index < -0.39 is 65.2 Å². The molecular weight excluding hydrogens is 714 g/mol. The highest BCUT2D eigenvalue weighted by atomic mass is 16.7. The second-order valence-electron chi connectivity index (χ2n) is 20.5. The molecule has 0 spiro atoms. The molecule has 0 aliphatic carbocycles. The number of rotatable bonds is 16. The van der Waals surface area contributed by atoms with E-state index in [9.17, 15) is 14.4 Å².